The summed E-state index contributed by atoms with van der Waals surface area (Å²) in [7, 11) is 0. The van der Waals surface area contributed by atoms with Crippen LogP contribution in [0.3, 0.4) is 0 Å². The Morgan fingerprint density at radius 2 is 1.79 bits per heavy atom. The minimum absolute atomic E-state index is 0.271. The highest BCUT2D eigenvalue weighted by molar-refractivity contribution is 7.80. The molecule has 0 atom stereocenters. The van der Waals surface area contributed by atoms with Gasteiger partial charge in [0.15, 0.2) is 0 Å². The molecule has 0 fully saturated rings. The summed E-state index contributed by atoms with van der Waals surface area (Å²) < 4.78 is 12.7. The summed E-state index contributed by atoms with van der Waals surface area (Å²) in [6, 6.07) is 9.14. The number of thiocarbonyl (C=S) groups is 1. The van der Waals surface area contributed by atoms with Gasteiger partial charge in [-0.05, 0) is 24.3 Å². The molecule has 1 heterocycles. The van der Waals surface area contributed by atoms with Gasteiger partial charge in [-0.25, -0.2) is 9.37 Å². The highest BCUT2D eigenvalue weighted by Crippen LogP contribution is 2.09. The second kappa shape index (κ2) is 5.53. The monoisotopic (exact) mass is 275 g/mol. The van der Waals surface area contributed by atoms with Crippen molar-refractivity contribution in [2.45, 2.75) is 0 Å². The predicted molar refractivity (Wildman–Crippen MR) is 74.5 cm³/mol. The summed E-state index contributed by atoms with van der Waals surface area (Å²) >= 11 is 4.82. The molecule has 0 saturated heterocycles. The number of carbonyl (C=O) groups is 1. The molecule has 0 spiro atoms. The Kier molecular flexibility index (Phi) is 3.82. The molecule has 2 aromatic rings. The molecule has 6 heteroatoms. The van der Waals surface area contributed by atoms with Crippen LogP contribution in [0.1, 0.15) is 15.9 Å². The van der Waals surface area contributed by atoms with E-state index < -0.39 is 5.82 Å². The van der Waals surface area contributed by atoms with Gasteiger partial charge in [-0.2, -0.15) is 0 Å². The van der Waals surface area contributed by atoms with Gasteiger partial charge in [-0.3, -0.25) is 4.79 Å². The van der Waals surface area contributed by atoms with Gasteiger partial charge in [0.2, 0.25) is 0 Å². The zero-order chi connectivity index (χ0) is 13.8. The molecule has 0 saturated carbocycles. The lowest BCUT2D eigenvalue weighted by Gasteiger charge is -2.05. The van der Waals surface area contributed by atoms with Gasteiger partial charge in [0.05, 0.1) is 6.20 Å². The second-order valence-corrected chi connectivity index (χ2v) is 4.20. The predicted octanol–water partition coefficient (Wildman–Crippen LogP) is 2.11. The van der Waals surface area contributed by atoms with Crippen molar-refractivity contribution in [3.05, 3.63) is 59.5 Å². The van der Waals surface area contributed by atoms with Crippen LogP contribution < -0.4 is 11.1 Å². The van der Waals surface area contributed by atoms with Crippen molar-refractivity contribution in [2.24, 2.45) is 5.73 Å². The van der Waals surface area contributed by atoms with E-state index in [1.54, 1.807) is 24.3 Å². The molecule has 2 rings (SSSR count). The van der Waals surface area contributed by atoms with Gasteiger partial charge in [-0.1, -0.05) is 24.4 Å². The molecule has 0 radical (unpaired) electrons. The van der Waals surface area contributed by atoms with Crippen LogP contribution in [0.4, 0.5) is 10.2 Å². The summed E-state index contributed by atoms with van der Waals surface area (Å²) in [5, 5.41) is 2.55. The van der Waals surface area contributed by atoms with E-state index in [0.717, 1.165) is 6.20 Å². The number of anilines is 1. The fourth-order valence-corrected chi connectivity index (χ4v) is 1.56. The van der Waals surface area contributed by atoms with Crippen LogP contribution in [-0.4, -0.2) is 15.9 Å². The van der Waals surface area contributed by atoms with E-state index in [1.807, 2.05) is 0 Å². The summed E-state index contributed by atoms with van der Waals surface area (Å²) in [5.74, 6) is -0.516. The number of hydrogen-bond donors (Lipinski definition) is 2. The van der Waals surface area contributed by atoms with Crippen molar-refractivity contribution in [1.82, 2.24) is 4.98 Å². The van der Waals surface area contributed by atoms with Gasteiger partial charge in [0.25, 0.3) is 5.91 Å². The first-order valence-electron chi connectivity index (χ1n) is 5.39. The molecule has 3 N–H and O–H groups in total. The van der Waals surface area contributed by atoms with E-state index in [4.69, 9.17) is 18.0 Å². The number of benzene rings is 1. The van der Waals surface area contributed by atoms with Crippen LogP contribution in [0.15, 0.2) is 42.6 Å². The van der Waals surface area contributed by atoms with Gasteiger partial charge in [-0.15, -0.1) is 0 Å². The SMILES string of the molecule is NC(=S)c1ccc(C(=O)Nc2ccc(F)cn2)cc1. The minimum atomic E-state index is -0.459. The number of amides is 1. The van der Waals surface area contributed by atoms with Crippen molar-refractivity contribution in [2.75, 3.05) is 5.32 Å². The average molecular weight is 275 g/mol. The molecule has 0 aliphatic rings. The smallest absolute Gasteiger partial charge is 0.256 e. The van der Waals surface area contributed by atoms with E-state index in [2.05, 4.69) is 10.3 Å². The van der Waals surface area contributed by atoms with Crippen LogP contribution >= 0.6 is 12.2 Å². The van der Waals surface area contributed by atoms with E-state index in [1.165, 1.54) is 12.1 Å². The normalized spacial score (nSPS) is 9.95. The number of nitrogens with zero attached hydrogens (tertiary/aromatic N) is 1. The molecule has 1 aromatic heterocycles. The Balaban J connectivity index is 2.11. The van der Waals surface area contributed by atoms with Crippen molar-refractivity contribution < 1.29 is 9.18 Å². The van der Waals surface area contributed by atoms with E-state index >= 15 is 0 Å². The Morgan fingerprint density at radius 3 is 2.32 bits per heavy atom. The Hall–Kier alpha value is -2.34. The quantitative estimate of drug-likeness (QED) is 0.842. The summed E-state index contributed by atoms with van der Waals surface area (Å²) in [6.07, 6.45) is 1.03. The molecule has 0 aliphatic carbocycles. The number of carbonyl (C=O) groups excluding carboxylic acids is 1. The molecule has 19 heavy (non-hydrogen) atoms. The molecule has 0 bridgehead atoms. The molecule has 1 aromatic carbocycles. The molecule has 0 aliphatic heterocycles. The zero-order valence-corrected chi connectivity index (χ0v) is 10.6. The maximum absolute atomic E-state index is 12.7. The van der Waals surface area contributed by atoms with E-state index in [-0.39, 0.29) is 16.7 Å². The van der Waals surface area contributed by atoms with Gasteiger partial charge in [0.1, 0.15) is 16.6 Å². The number of pyridine rings is 1. The van der Waals surface area contributed by atoms with Crippen LogP contribution in [0.2, 0.25) is 0 Å². The summed E-state index contributed by atoms with van der Waals surface area (Å²) in [6.45, 7) is 0. The lowest BCUT2D eigenvalue weighted by molar-refractivity contribution is 0.102. The Labute approximate surface area is 114 Å². The maximum atomic E-state index is 12.7. The fraction of sp³-hybridized carbons (Fsp3) is 0. The third-order valence-corrected chi connectivity index (χ3v) is 2.64. The van der Waals surface area contributed by atoms with E-state index in [9.17, 15) is 9.18 Å². The molecule has 0 unspecified atom stereocenters. The first-order valence-corrected chi connectivity index (χ1v) is 5.80. The third-order valence-electron chi connectivity index (χ3n) is 2.40. The zero-order valence-electron chi connectivity index (χ0n) is 9.76. The topological polar surface area (TPSA) is 68.0 Å². The van der Waals surface area contributed by atoms with Crippen LogP contribution in [0.25, 0.3) is 0 Å². The number of nitrogens with two attached hydrogens (primary N) is 1. The largest absolute Gasteiger partial charge is 0.389 e. The van der Waals surface area contributed by atoms with Crippen molar-refractivity contribution in [3.8, 4) is 0 Å². The standard InChI is InChI=1S/C13H10FN3OS/c14-10-5-6-11(16-7-10)17-13(18)9-3-1-8(2-4-9)12(15)19/h1-7H,(H2,15,19)(H,16,17,18). The Morgan fingerprint density at radius 1 is 1.16 bits per heavy atom. The third kappa shape index (κ3) is 3.32. The molecular formula is C13H10FN3OS. The highest BCUT2D eigenvalue weighted by Gasteiger charge is 2.07. The average Bonchev–Trinajstić information content (AvgIpc) is 2.41. The van der Waals surface area contributed by atoms with Gasteiger partial charge >= 0.3 is 0 Å². The number of nitrogens with one attached hydrogen (secondary N) is 1. The Bertz CT molecular complexity index is 611. The first-order chi connectivity index (χ1) is 9.06. The van der Waals surface area contributed by atoms with Gasteiger partial charge in [0, 0.05) is 11.1 Å². The first kappa shape index (κ1) is 13.1. The number of rotatable bonds is 3. The highest BCUT2D eigenvalue weighted by atomic mass is 32.1. The molecule has 4 nitrogen and oxygen atoms in total. The lowest BCUT2D eigenvalue weighted by Crippen LogP contribution is -2.14. The van der Waals surface area contributed by atoms with Crippen LogP contribution in [-0.2, 0) is 0 Å². The number of halogens is 1. The van der Waals surface area contributed by atoms with Crippen molar-refractivity contribution in [3.63, 3.8) is 0 Å². The number of hydrogen-bond acceptors (Lipinski definition) is 3. The maximum Gasteiger partial charge on any atom is 0.256 e. The molecule has 96 valence electrons. The van der Waals surface area contributed by atoms with Gasteiger partial charge < -0.3 is 11.1 Å². The summed E-state index contributed by atoms with van der Waals surface area (Å²) in [4.78, 5) is 15.9. The van der Waals surface area contributed by atoms with Crippen LogP contribution in [0.5, 0.6) is 0 Å². The van der Waals surface area contributed by atoms with Crippen LogP contribution in [0, 0.1) is 5.82 Å². The molecule has 1 amide bonds. The van der Waals surface area contributed by atoms with Crippen molar-refractivity contribution >= 4 is 28.9 Å². The van der Waals surface area contributed by atoms with E-state index in [0.29, 0.717) is 11.1 Å². The lowest BCUT2D eigenvalue weighted by atomic mass is 10.1. The molecular weight excluding hydrogens is 265 g/mol. The summed E-state index contributed by atoms with van der Waals surface area (Å²) in [5.41, 5.74) is 6.59. The minimum Gasteiger partial charge on any atom is -0.389 e. The van der Waals surface area contributed by atoms with Crippen molar-refractivity contribution in [1.29, 1.82) is 0 Å². The second-order valence-electron chi connectivity index (χ2n) is 3.76. The number of aromatic nitrogens is 1. The fourth-order valence-electron chi connectivity index (χ4n) is 1.42.